The minimum atomic E-state index is -0.614. The molecule has 0 aliphatic carbocycles. The van der Waals surface area contributed by atoms with Crippen molar-refractivity contribution in [3.8, 4) is 0 Å². The van der Waals surface area contributed by atoms with E-state index in [2.05, 4.69) is 15.6 Å². The third-order valence-electron chi connectivity index (χ3n) is 3.02. The molecule has 19 heavy (non-hydrogen) atoms. The minimum Gasteiger partial charge on any atom is -0.409 e. The number of carbonyl (C=O) groups is 1. The van der Waals surface area contributed by atoms with E-state index in [0.717, 1.165) is 12.1 Å². The molecule has 1 aromatic rings. The third kappa shape index (κ3) is 3.46. The van der Waals surface area contributed by atoms with Crippen LogP contribution in [0.3, 0.4) is 0 Å². The second kappa shape index (κ2) is 5.73. The summed E-state index contributed by atoms with van der Waals surface area (Å²) in [5.74, 6) is -0.152. The van der Waals surface area contributed by atoms with E-state index in [-0.39, 0.29) is 18.3 Å². The molecule has 0 aliphatic heterocycles. The van der Waals surface area contributed by atoms with Gasteiger partial charge in [-0.15, -0.1) is 0 Å². The highest BCUT2D eigenvalue weighted by molar-refractivity contribution is 5.93. The lowest BCUT2D eigenvalue weighted by Gasteiger charge is -2.22. The SMILES string of the molecule is CCc1cc(C(=O)NCC(C)(C)/C(N)=N/O)n(C)n1. The van der Waals surface area contributed by atoms with E-state index in [1.807, 2.05) is 6.92 Å². The molecule has 0 unspecified atom stereocenters. The Kier molecular flexibility index (Phi) is 4.52. The maximum atomic E-state index is 12.0. The molecule has 1 heterocycles. The van der Waals surface area contributed by atoms with Crippen molar-refractivity contribution in [2.75, 3.05) is 6.54 Å². The highest BCUT2D eigenvalue weighted by atomic mass is 16.4. The van der Waals surface area contributed by atoms with Gasteiger partial charge in [0.15, 0.2) is 0 Å². The first-order chi connectivity index (χ1) is 8.81. The predicted octanol–water partition coefficient (Wildman–Crippen LogP) is 0.485. The number of nitrogens with zero attached hydrogens (tertiary/aromatic N) is 3. The molecule has 0 spiro atoms. The number of amides is 1. The van der Waals surface area contributed by atoms with E-state index in [9.17, 15) is 4.79 Å². The van der Waals surface area contributed by atoms with Gasteiger partial charge in [0.2, 0.25) is 0 Å². The van der Waals surface area contributed by atoms with Crippen LogP contribution < -0.4 is 11.1 Å². The molecule has 0 saturated carbocycles. The van der Waals surface area contributed by atoms with E-state index < -0.39 is 5.41 Å². The van der Waals surface area contributed by atoms with Gasteiger partial charge in [0.1, 0.15) is 11.5 Å². The molecule has 7 nitrogen and oxygen atoms in total. The number of hydrogen-bond acceptors (Lipinski definition) is 4. The molecule has 0 atom stereocenters. The van der Waals surface area contributed by atoms with Gasteiger partial charge in [0.05, 0.1) is 5.69 Å². The molecule has 0 fully saturated rings. The van der Waals surface area contributed by atoms with Crippen LogP contribution in [0.4, 0.5) is 0 Å². The summed E-state index contributed by atoms with van der Waals surface area (Å²) in [4.78, 5) is 12.0. The number of rotatable bonds is 5. The van der Waals surface area contributed by atoms with Crippen LogP contribution in [0.5, 0.6) is 0 Å². The van der Waals surface area contributed by atoms with Crippen molar-refractivity contribution in [2.45, 2.75) is 27.2 Å². The average Bonchev–Trinajstić information content (AvgIpc) is 2.76. The van der Waals surface area contributed by atoms with Crippen LogP contribution in [0.25, 0.3) is 0 Å². The van der Waals surface area contributed by atoms with Crippen molar-refractivity contribution >= 4 is 11.7 Å². The third-order valence-corrected chi connectivity index (χ3v) is 3.02. The molecule has 0 radical (unpaired) electrons. The monoisotopic (exact) mass is 267 g/mol. The largest absolute Gasteiger partial charge is 0.409 e. The molecule has 0 saturated heterocycles. The number of nitrogens with two attached hydrogens (primary N) is 1. The first-order valence-corrected chi connectivity index (χ1v) is 6.11. The minimum absolute atomic E-state index is 0.0760. The molecule has 4 N–H and O–H groups in total. The summed E-state index contributed by atoms with van der Waals surface area (Å²) in [6, 6.07) is 1.76. The fourth-order valence-corrected chi connectivity index (χ4v) is 1.53. The molecule has 106 valence electrons. The molecule has 7 heteroatoms. The van der Waals surface area contributed by atoms with Crippen molar-refractivity contribution in [1.82, 2.24) is 15.1 Å². The van der Waals surface area contributed by atoms with Crippen molar-refractivity contribution in [2.24, 2.45) is 23.4 Å². The van der Waals surface area contributed by atoms with Gasteiger partial charge < -0.3 is 16.3 Å². The number of aryl methyl sites for hydroxylation is 2. The van der Waals surface area contributed by atoms with Crippen LogP contribution in [0, 0.1) is 5.41 Å². The Balaban J connectivity index is 2.73. The molecular formula is C12H21N5O2. The van der Waals surface area contributed by atoms with Crippen LogP contribution in [0.2, 0.25) is 0 Å². The number of carbonyl (C=O) groups excluding carboxylic acids is 1. The van der Waals surface area contributed by atoms with Crippen LogP contribution >= 0.6 is 0 Å². The zero-order valence-electron chi connectivity index (χ0n) is 11.8. The Bertz CT molecular complexity index is 490. The Morgan fingerprint density at radius 1 is 1.63 bits per heavy atom. The van der Waals surface area contributed by atoms with Crippen molar-refractivity contribution in [3.63, 3.8) is 0 Å². The summed E-state index contributed by atoms with van der Waals surface area (Å²) < 4.78 is 1.55. The van der Waals surface area contributed by atoms with Gasteiger partial charge in [-0.1, -0.05) is 25.9 Å². The van der Waals surface area contributed by atoms with Gasteiger partial charge in [0, 0.05) is 19.0 Å². The Hall–Kier alpha value is -2.05. The number of oxime groups is 1. The van der Waals surface area contributed by atoms with Gasteiger partial charge in [-0.2, -0.15) is 5.10 Å². The topological polar surface area (TPSA) is 106 Å². The standard InChI is InChI=1S/C12H21N5O2/c1-5-8-6-9(17(4)15-8)10(18)14-7-12(2,3)11(13)16-19/h6,19H,5,7H2,1-4H3,(H2,13,16)(H,14,18). The van der Waals surface area contributed by atoms with E-state index in [4.69, 9.17) is 10.9 Å². The van der Waals surface area contributed by atoms with E-state index >= 15 is 0 Å². The first kappa shape index (κ1) is 15.0. The summed E-state index contributed by atoms with van der Waals surface area (Å²) >= 11 is 0. The van der Waals surface area contributed by atoms with Gasteiger partial charge >= 0.3 is 0 Å². The lowest BCUT2D eigenvalue weighted by molar-refractivity contribution is 0.0935. The summed E-state index contributed by atoms with van der Waals surface area (Å²) in [5.41, 5.74) is 6.30. The Morgan fingerprint density at radius 3 is 2.74 bits per heavy atom. The lowest BCUT2D eigenvalue weighted by Crippen LogP contribution is -2.42. The van der Waals surface area contributed by atoms with E-state index in [1.54, 1.807) is 31.6 Å². The summed E-state index contributed by atoms with van der Waals surface area (Å²) in [5, 5.41) is 18.6. The van der Waals surface area contributed by atoms with Crippen molar-refractivity contribution in [1.29, 1.82) is 0 Å². The highest BCUT2D eigenvalue weighted by Gasteiger charge is 2.25. The van der Waals surface area contributed by atoms with Crippen LogP contribution in [-0.4, -0.2) is 33.3 Å². The zero-order valence-corrected chi connectivity index (χ0v) is 11.8. The highest BCUT2D eigenvalue weighted by Crippen LogP contribution is 2.14. The van der Waals surface area contributed by atoms with Crippen LogP contribution in [0.1, 0.15) is 37.0 Å². The number of aromatic nitrogens is 2. The maximum absolute atomic E-state index is 12.0. The fourth-order valence-electron chi connectivity index (χ4n) is 1.53. The summed E-state index contributed by atoms with van der Waals surface area (Å²) in [6.45, 7) is 5.81. The second-order valence-corrected chi connectivity index (χ2v) is 5.05. The number of amidine groups is 1. The second-order valence-electron chi connectivity index (χ2n) is 5.05. The Labute approximate surface area is 112 Å². The molecule has 1 aromatic heterocycles. The quantitative estimate of drug-likeness (QED) is 0.312. The summed E-state index contributed by atoms with van der Waals surface area (Å²) in [7, 11) is 1.72. The smallest absolute Gasteiger partial charge is 0.269 e. The van der Waals surface area contributed by atoms with Crippen molar-refractivity contribution in [3.05, 3.63) is 17.5 Å². The number of nitrogens with one attached hydrogen (secondary N) is 1. The Morgan fingerprint density at radius 2 is 2.26 bits per heavy atom. The van der Waals surface area contributed by atoms with E-state index in [1.165, 1.54) is 0 Å². The lowest BCUT2D eigenvalue weighted by atomic mass is 9.92. The molecule has 1 rings (SSSR count). The van der Waals surface area contributed by atoms with Gasteiger partial charge in [-0.25, -0.2) is 0 Å². The predicted molar refractivity (Wildman–Crippen MR) is 72.1 cm³/mol. The first-order valence-electron chi connectivity index (χ1n) is 6.11. The zero-order chi connectivity index (χ0) is 14.6. The molecule has 0 bridgehead atoms. The van der Waals surface area contributed by atoms with E-state index in [0.29, 0.717) is 5.69 Å². The van der Waals surface area contributed by atoms with Gasteiger partial charge in [-0.05, 0) is 12.5 Å². The maximum Gasteiger partial charge on any atom is 0.269 e. The number of hydrogen-bond donors (Lipinski definition) is 3. The average molecular weight is 267 g/mol. The summed E-state index contributed by atoms with van der Waals surface area (Å²) in [6.07, 6.45) is 0.775. The van der Waals surface area contributed by atoms with Gasteiger partial charge in [-0.3, -0.25) is 9.48 Å². The molecule has 0 aliphatic rings. The van der Waals surface area contributed by atoms with Crippen LogP contribution in [-0.2, 0) is 13.5 Å². The molecule has 1 amide bonds. The van der Waals surface area contributed by atoms with Crippen molar-refractivity contribution < 1.29 is 10.0 Å². The van der Waals surface area contributed by atoms with Gasteiger partial charge in [0.25, 0.3) is 5.91 Å². The molecule has 0 aromatic carbocycles. The molecular weight excluding hydrogens is 246 g/mol. The normalized spacial score (nSPS) is 12.5. The fraction of sp³-hybridized carbons (Fsp3) is 0.583. The van der Waals surface area contributed by atoms with Crippen LogP contribution in [0.15, 0.2) is 11.2 Å².